The smallest absolute Gasteiger partial charge is 0.144 e. The lowest BCUT2D eigenvalue weighted by atomic mass is 9.80. The first-order valence-electron chi connectivity index (χ1n) is 6.22. The van der Waals surface area contributed by atoms with Crippen molar-refractivity contribution in [2.45, 2.75) is 40.5 Å². The minimum absolute atomic E-state index is 0.241. The van der Waals surface area contributed by atoms with E-state index in [1.165, 1.54) is 11.1 Å². The third kappa shape index (κ3) is 3.16. The molecule has 0 aliphatic carbocycles. The van der Waals surface area contributed by atoms with Crippen molar-refractivity contribution in [3.8, 4) is 0 Å². The third-order valence-corrected chi connectivity index (χ3v) is 3.84. The summed E-state index contributed by atoms with van der Waals surface area (Å²) in [6.45, 7) is 8.55. The van der Waals surface area contributed by atoms with Gasteiger partial charge in [-0.1, -0.05) is 32.0 Å². The van der Waals surface area contributed by atoms with Crippen molar-refractivity contribution in [1.29, 1.82) is 0 Å². The minimum atomic E-state index is -0.376. The fourth-order valence-electron chi connectivity index (χ4n) is 1.77. The molecule has 2 N–H and O–H groups in total. The van der Waals surface area contributed by atoms with E-state index in [2.05, 4.69) is 26.0 Å². The summed E-state index contributed by atoms with van der Waals surface area (Å²) in [5, 5.41) is 0. The average molecular weight is 233 g/mol. The quantitative estimate of drug-likeness (QED) is 0.849. The van der Waals surface area contributed by atoms with Crippen LogP contribution in [0.3, 0.4) is 0 Å². The number of ketones is 1. The number of hydrogen-bond donors (Lipinski definition) is 1. The van der Waals surface area contributed by atoms with E-state index in [4.69, 9.17) is 5.73 Å². The van der Waals surface area contributed by atoms with Crippen molar-refractivity contribution in [1.82, 2.24) is 0 Å². The van der Waals surface area contributed by atoms with E-state index in [0.29, 0.717) is 13.0 Å². The molecule has 1 aromatic rings. The molecule has 2 nitrogen and oxygen atoms in total. The molecule has 1 unspecified atom stereocenters. The van der Waals surface area contributed by atoms with Gasteiger partial charge >= 0.3 is 0 Å². The number of rotatable bonds is 5. The molecule has 0 aromatic heterocycles. The van der Waals surface area contributed by atoms with Crippen molar-refractivity contribution in [3.05, 3.63) is 34.9 Å². The van der Waals surface area contributed by atoms with Crippen molar-refractivity contribution >= 4 is 5.78 Å². The predicted molar refractivity (Wildman–Crippen MR) is 72.1 cm³/mol. The SMILES string of the molecule is CCC(C)(CN)C(=O)Cc1ccc(C)c(C)c1. The predicted octanol–water partition coefficient (Wildman–Crippen LogP) is 2.79. The Morgan fingerprint density at radius 3 is 2.41 bits per heavy atom. The maximum absolute atomic E-state index is 12.2. The van der Waals surface area contributed by atoms with Gasteiger partial charge in [-0.2, -0.15) is 0 Å². The number of nitrogens with two attached hydrogens (primary N) is 1. The number of carbonyl (C=O) groups is 1. The third-order valence-electron chi connectivity index (χ3n) is 3.84. The molecule has 0 saturated heterocycles. The van der Waals surface area contributed by atoms with Gasteiger partial charge in [-0.25, -0.2) is 0 Å². The zero-order valence-electron chi connectivity index (χ0n) is 11.3. The first-order chi connectivity index (χ1) is 7.92. The monoisotopic (exact) mass is 233 g/mol. The summed E-state index contributed by atoms with van der Waals surface area (Å²) < 4.78 is 0. The van der Waals surface area contributed by atoms with Crippen LogP contribution < -0.4 is 5.73 Å². The first kappa shape index (κ1) is 13.9. The van der Waals surface area contributed by atoms with Gasteiger partial charge in [-0.05, 0) is 37.0 Å². The zero-order chi connectivity index (χ0) is 13.1. The van der Waals surface area contributed by atoms with Crippen LogP contribution in [0.15, 0.2) is 18.2 Å². The Morgan fingerprint density at radius 2 is 1.94 bits per heavy atom. The fraction of sp³-hybridized carbons (Fsp3) is 0.533. The highest BCUT2D eigenvalue weighted by atomic mass is 16.1. The van der Waals surface area contributed by atoms with E-state index in [-0.39, 0.29) is 11.2 Å². The molecule has 17 heavy (non-hydrogen) atoms. The van der Waals surface area contributed by atoms with Gasteiger partial charge in [-0.15, -0.1) is 0 Å². The fourth-order valence-corrected chi connectivity index (χ4v) is 1.77. The average Bonchev–Trinajstić information content (AvgIpc) is 2.32. The Kier molecular flexibility index (Phi) is 4.47. The lowest BCUT2D eigenvalue weighted by Crippen LogP contribution is -2.36. The van der Waals surface area contributed by atoms with Gasteiger partial charge in [0.05, 0.1) is 0 Å². The largest absolute Gasteiger partial charge is 0.329 e. The van der Waals surface area contributed by atoms with Crippen molar-refractivity contribution in [3.63, 3.8) is 0 Å². The molecule has 0 bridgehead atoms. The van der Waals surface area contributed by atoms with Crippen LogP contribution in [0.1, 0.15) is 37.0 Å². The molecule has 0 amide bonds. The summed E-state index contributed by atoms with van der Waals surface area (Å²) in [6, 6.07) is 6.20. The summed E-state index contributed by atoms with van der Waals surface area (Å²) in [6.07, 6.45) is 1.29. The molecular weight excluding hydrogens is 210 g/mol. The first-order valence-corrected chi connectivity index (χ1v) is 6.22. The van der Waals surface area contributed by atoms with Gasteiger partial charge in [0.25, 0.3) is 0 Å². The van der Waals surface area contributed by atoms with Gasteiger partial charge in [0.1, 0.15) is 5.78 Å². The van der Waals surface area contributed by atoms with Crippen LogP contribution in [0.5, 0.6) is 0 Å². The van der Waals surface area contributed by atoms with Crippen molar-refractivity contribution in [2.75, 3.05) is 6.54 Å². The summed E-state index contributed by atoms with van der Waals surface area (Å²) in [5.41, 5.74) is 8.92. The highest BCUT2D eigenvalue weighted by Gasteiger charge is 2.29. The molecule has 0 saturated carbocycles. The summed E-state index contributed by atoms with van der Waals surface area (Å²) >= 11 is 0. The van der Waals surface area contributed by atoms with Crippen LogP contribution in [0.4, 0.5) is 0 Å². The van der Waals surface area contributed by atoms with Crippen LogP contribution >= 0.6 is 0 Å². The highest BCUT2D eigenvalue weighted by Crippen LogP contribution is 2.23. The topological polar surface area (TPSA) is 43.1 Å². The number of Topliss-reactive ketones (excluding diaryl/α,β-unsaturated/α-hetero) is 1. The molecular formula is C15H23NO. The van der Waals surface area contributed by atoms with E-state index >= 15 is 0 Å². The Morgan fingerprint density at radius 1 is 1.29 bits per heavy atom. The molecule has 0 aliphatic heterocycles. The molecule has 1 rings (SSSR count). The molecule has 0 heterocycles. The van der Waals surface area contributed by atoms with Crippen LogP contribution in [-0.4, -0.2) is 12.3 Å². The van der Waals surface area contributed by atoms with E-state index in [9.17, 15) is 4.79 Å². The molecule has 94 valence electrons. The molecule has 0 fully saturated rings. The van der Waals surface area contributed by atoms with Gasteiger partial charge in [0.2, 0.25) is 0 Å². The summed E-state index contributed by atoms with van der Waals surface area (Å²) in [7, 11) is 0. The van der Waals surface area contributed by atoms with Crippen LogP contribution in [0.25, 0.3) is 0 Å². The molecule has 0 radical (unpaired) electrons. The molecule has 1 aromatic carbocycles. The Balaban J connectivity index is 2.84. The van der Waals surface area contributed by atoms with Crippen molar-refractivity contribution in [2.24, 2.45) is 11.1 Å². The lowest BCUT2D eigenvalue weighted by molar-refractivity contribution is -0.126. The minimum Gasteiger partial charge on any atom is -0.329 e. The highest BCUT2D eigenvalue weighted by molar-refractivity contribution is 5.86. The Labute approximate surface area is 104 Å². The summed E-state index contributed by atoms with van der Waals surface area (Å²) in [5.74, 6) is 0.241. The number of aryl methyl sites for hydroxylation is 2. The second-order valence-corrected chi connectivity index (χ2v) is 5.14. The normalized spacial score (nSPS) is 14.4. The number of hydrogen-bond acceptors (Lipinski definition) is 2. The van der Waals surface area contributed by atoms with Gasteiger partial charge in [-0.3, -0.25) is 4.79 Å². The van der Waals surface area contributed by atoms with Crippen molar-refractivity contribution < 1.29 is 4.79 Å². The van der Waals surface area contributed by atoms with E-state index in [1.807, 2.05) is 19.9 Å². The molecule has 0 aliphatic rings. The Hall–Kier alpha value is -1.15. The Bertz CT molecular complexity index is 405. The van der Waals surface area contributed by atoms with Crippen LogP contribution in [0, 0.1) is 19.3 Å². The van der Waals surface area contributed by atoms with Crippen LogP contribution in [0.2, 0.25) is 0 Å². The lowest BCUT2D eigenvalue weighted by Gasteiger charge is -2.24. The van der Waals surface area contributed by atoms with E-state index in [1.54, 1.807) is 0 Å². The zero-order valence-corrected chi connectivity index (χ0v) is 11.3. The molecule has 1 atom stereocenters. The standard InChI is InChI=1S/C15H23NO/c1-5-15(4,10-16)14(17)9-13-7-6-11(2)12(3)8-13/h6-8H,5,9-10,16H2,1-4H3. The molecule has 2 heteroatoms. The van der Waals surface area contributed by atoms with Gasteiger partial charge in [0.15, 0.2) is 0 Å². The number of carbonyl (C=O) groups excluding carboxylic acids is 1. The number of benzene rings is 1. The van der Waals surface area contributed by atoms with Gasteiger partial charge < -0.3 is 5.73 Å². The maximum atomic E-state index is 12.2. The van der Waals surface area contributed by atoms with E-state index in [0.717, 1.165) is 12.0 Å². The maximum Gasteiger partial charge on any atom is 0.144 e. The second kappa shape index (κ2) is 5.46. The summed E-state index contributed by atoms with van der Waals surface area (Å²) in [4.78, 5) is 12.2. The van der Waals surface area contributed by atoms with Gasteiger partial charge in [0, 0.05) is 18.4 Å². The van der Waals surface area contributed by atoms with E-state index < -0.39 is 0 Å². The molecule has 0 spiro atoms. The second-order valence-electron chi connectivity index (χ2n) is 5.14. The van der Waals surface area contributed by atoms with Crippen LogP contribution in [-0.2, 0) is 11.2 Å².